The predicted molar refractivity (Wildman–Crippen MR) is 85.0 cm³/mol. The number of nitriles is 1. The fourth-order valence-corrected chi connectivity index (χ4v) is 2.36. The lowest BCUT2D eigenvalue weighted by molar-refractivity contribution is -0.140. The van der Waals surface area contributed by atoms with Crippen LogP contribution >= 0.6 is 12.2 Å². The normalized spacial score (nSPS) is 9.95. The number of nitrogens with zero attached hydrogens (tertiary/aromatic N) is 2. The number of methoxy groups -OCH3 is 1. The van der Waals surface area contributed by atoms with E-state index in [1.165, 1.54) is 7.11 Å². The number of thiocarbonyl (C=S) groups is 1. The number of hydrogen-bond acceptors (Lipinski definition) is 4. The van der Waals surface area contributed by atoms with E-state index < -0.39 is 0 Å². The molecule has 21 heavy (non-hydrogen) atoms. The second-order valence-corrected chi connectivity index (χ2v) is 4.94. The molecule has 2 aromatic carbocycles. The van der Waals surface area contributed by atoms with E-state index in [-0.39, 0.29) is 12.5 Å². The Labute approximate surface area is 128 Å². The topological polar surface area (TPSA) is 53.3 Å². The maximum atomic E-state index is 11.4. The first-order valence-corrected chi connectivity index (χ1v) is 6.73. The summed E-state index contributed by atoms with van der Waals surface area (Å²) in [5.41, 5.74) is 1.43. The Morgan fingerprint density at radius 2 is 1.95 bits per heavy atom. The summed E-state index contributed by atoms with van der Waals surface area (Å²) in [5.74, 6) is -0.349. The molecule has 0 amide bonds. The molecule has 0 radical (unpaired) electrons. The van der Waals surface area contributed by atoms with Gasteiger partial charge in [-0.3, -0.25) is 4.79 Å². The third-order valence-electron chi connectivity index (χ3n) is 3.22. The van der Waals surface area contributed by atoms with Crippen LogP contribution in [0.1, 0.15) is 11.1 Å². The smallest absolute Gasteiger partial charge is 0.325 e. The van der Waals surface area contributed by atoms with Gasteiger partial charge in [0.15, 0.2) is 0 Å². The van der Waals surface area contributed by atoms with Gasteiger partial charge < -0.3 is 9.64 Å². The number of ether oxygens (including phenoxy) is 1. The van der Waals surface area contributed by atoms with Crippen LogP contribution in [0.5, 0.6) is 0 Å². The molecule has 4 nitrogen and oxygen atoms in total. The van der Waals surface area contributed by atoms with Crippen LogP contribution in [0.3, 0.4) is 0 Å². The molecule has 106 valence electrons. The lowest BCUT2D eigenvalue weighted by atomic mass is 10.00. The van der Waals surface area contributed by atoms with Crippen LogP contribution in [-0.2, 0) is 9.53 Å². The van der Waals surface area contributed by atoms with Crippen LogP contribution in [-0.4, -0.2) is 36.6 Å². The maximum absolute atomic E-state index is 11.4. The summed E-state index contributed by atoms with van der Waals surface area (Å²) in [6, 6.07) is 13.3. The lowest BCUT2D eigenvalue weighted by Gasteiger charge is -2.20. The minimum absolute atomic E-state index is 0.0870. The van der Waals surface area contributed by atoms with Crippen molar-refractivity contribution >= 4 is 33.9 Å². The number of carbonyl (C=O) groups is 1. The SMILES string of the molecule is COC(=O)CN(C)C(=S)c1ccc(C#N)c2ccccc12. The van der Waals surface area contributed by atoms with Crippen molar-refractivity contribution in [3.63, 3.8) is 0 Å². The molecule has 0 unspecified atom stereocenters. The van der Waals surface area contributed by atoms with E-state index in [1.54, 1.807) is 18.0 Å². The van der Waals surface area contributed by atoms with Crippen molar-refractivity contribution in [3.05, 3.63) is 47.5 Å². The third-order valence-corrected chi connectivity index (χ3v) is 3.75. The zero-order valence-electron chi connectivity index (χ0n) is 11.8. The van der Waals surface area contributed by atoms with Crippen molar-refractivity contribution in [2.24, 2.45) is 0 Å². The molecule has 0 saturated carbocycles. The monoisotopic (exact) mass is 298 g/mol. The number of benzene rings is 2. The minimum Gasteiger partial charge on any atom is -0.468 e. The number of rotatable bonds is 3. The highest BCUT2D eigenvalue weighted by molar-refractivity contribution is 7.80. The highest BCUT2D eigenvalue weighted by Crippen LogP contribution is 2.23. The Morgan fingerprint density at radius 1 is 1.29 bits per heavy atom. The van der Waals surface area contributed by atoms with Crippen molar-refractivity contribution < 1.29 is 9.53 Å². The summed E-state index contributed by atoms with van der Waals surface area (Å²) in [6.45, 7) is 0.0870. The van der Waals surface area contributed by atoms with Gasteiger partial charge in [-0.2, -0.15) is 5.26 Å². The summed E-state index contributed by atoms with van der Waals surface area (Å²) in [7, 11) is 3.09. The van der Waals surface area contributed by atoms with E-state index in [2.05, 4.69) is 10.8 Å². The van der Waals surface area contributed by atoms with Gasteiger partial charge in [-0.05, 0) is 11.5 Å². The van der Waals surface area contributed by atoms with Gasteiger partial charge in [0, 0.05) is 18.0 Å². The summed E-state index contributed by atoms with van der Waals surface area (Å²) >= 11 is 5.45. The average molecular weight is 298 g/mol. The molecule has 0 aliphatic heterocycles. The molecule has 5 heteroatoms. The highest BCUT2D eigenvalue weighted by atomic mass is 32.1. The van der Waals surface area contributed by atoms with Gasteiger partial charge in [-0.25, -0.2) is 0 Å². The quantitative estimate of drug-likeness (QED) is 0.643. The van der Waals surface area contributed by atoms with Crippen molar-refractivity contribution in [1.82, 2.24) is 4.90 Å². The van der Waals surface area contributed by atoms with Gasteiger partial charge in [0.05, 0.1) is 18.7 Å². The molecular weight excluding hydrogens is 284 g/mol. The van der Waals surface area contributed by atoms with E-state index in [0.717, 1.165) is 16.3 Å². The molecule has 0 aliphatic carbocycles. The number of carbonyl (C=O) groups excluding carboxylic acids is 1. The van der Waals surface area contributed by atoms with Crippen molar-refractivity contribution in [2.45, 2.75) is 0 Å². The molecule has 0 aromatic heterocycles. The van der Waals surface area contributed by atoms with E-state index in [1.807, 2.05) is 30.3 Å². The van der Waals surface area contributed by atoms with E-state index in [9.17, 15) is 10.1 Å². The van der Waals surface area contributed by atoms with Gasteiger partial charge >= 0.3 is 5.97 Å². The van der Waals surface area contributed by atoms with Crippen molar-refractivity contribution in [2.75, 3.05) is 20.7 Å². The Kier molecular flexibility index (Phi) is 4.51. The summed E-state index contributed by atoms with van der Waals surface area (Å²) in [6.07, 6.45) is 0. The number of fused-ring (bicyclic) bond motifs is 1. The Morgan fingerprint density at radius 3 is 2.57 bits per heavy atom. The van der Waals surface area contributed by atoms with Crippen LogP contribution in [0, 0.1) is 11.3 Å². The molecule has 0 saturated heterocycles. The van der Waals surface area contributed by atoms with Gasteiger partial charge in [-0.15, -0.1) is 0 Å². The predicted octanol–water partition coefficient (Wildman–Crippen LogP) is 2.49. The van der Waals surface area contributed by atoms with Gasteiger partial charge in [-0.1, -0.05) is 42.5 Å². The van der Waals surface area contributed by atoms with E-state index in [4.69, 9.17) is 12.2 Å². The molecule has 0 heterocycles. The Hall–Kier alpha value is -2.45. The third kappa shape index (κ3) is 3.01. The lowest BCUT2D eigenvalue weighted by Crippen LogP contribution is -2.32. The Bertz CT molecular complexity index is 750. The molecular formula is C16H14N2O2S. The maximum Gasteiger partial charge on any atom is 0.325 e. The van der Waals surface area contributed by atoms with Crippen molar-refractivity contribution in [1.29, 1.82) is 5.26 Å². The standard InChI is InChI=1S/C16H14N2O2S/c1-18(10-15(19)20-2)16(21)14-8-7-11(9-17)12-5-3-4-6-13(12)14/h3-8H,10H2,1-2H3. The fourth-order valence-electron chi connectivity index (χ4n) is 2.12. The minimum atomic E-state index is -0.349. The zero-order chi connectivity index (χ0) is 15.4. The summed E-state index contributed by atoms with van der Waals surface area (Å²) < 4.78 is 4.65. The first-order valence-electron chi connectivity index (χ1n) is 6.32. The highest BCUT2D eigenvalue weighted by Gasteiger charge is 2.15. The Balaban J connectivity index is 2.46. The fraction of sp³-hybridized carbons (Fsp3) is 0.188. The van der Waals surface area contributed by atoms with Crippen LogP contribution in [0.25, 0.3) is 10.8 Å². The molecule has 2 rings (SSSR count). The zero-order valence-corrected chi connectivity index (χ0v) is 12.6. The van der Waals surface area contributed by atoms with Crippen LogP contribution in [0.15, 0.2) is 36.4 Å². The second-order valence-electron chi connectivity index (χ2n) is 4.56. The van der Waals surface area contributed by atoms with Crippen LogP contribution in [0.4, 0.5) is 0 Å². The number of hydrogen-bond donors (Lipinski definition) is 0. The van der Waals surface area contributed by atoms with Crippen LogP contribution in [0.2, 0.25) is 0 Å². The molecule has 0 spiro atoms. The van der Waals surface area contributed by atoms with E-state index >= 15 is 0 Å². The van der Waals surface area contributed by atoms with Crippen LogP contribution < -0.4 is 0 Å². The molecule has 2 aromatic rings. The summed E-state index contributed by atoms with van der Waals surface area (Å²) in [5, 5.41) is 10.9. The largest absolute Gasteiger partial charge is 0.468 e. The molecule has 0 fully saturated rings. The van der Waals surface area contributed by atoms with E-state index in [0.29, 0.717) is 10.6 Å². The molecule has 0 bridgehead atoms. The number of likely N-dealkylation sites (N-methyl/N-ethyl adjacent to an activating group) is 1. The summed E-state index contributed by atoms with van der Waals surface area (Å²) in [4.78, 5) is 13.6. The molecule has 0 N–H and O–H groups in total. The first-order chi connectivity index (χ1) is 10.1. The first kappa shape index (κ1) is 14.9. The molecule has 0 aliphatic rings. The van der Waals surface area contributed by atoms with Gasteiger partial charge in [0.25, 0.3) is 0 Å². The number of esters is 1. The van der Waals surface area contributed by atoms with Crippen molar-refractivity contribution in [3.8, 4) is 6.07 Å². The van der Waals surface area contributed by atoms with Gasteiger partial charge in [0.1, 0.15) is 11.5 Å². The average Bonchev–Trinajstić information content (AvgIpc) is 2.52. The second kappa shape index (κ2) is 6.33. The van der Waals surface area contributed by atoms with Gasteiger partial charge in [0.2, 0.25) is 0 Å². The molecule has 0 atom stereocenters.